The van der Waals surface area contributed by atoms with Crippen LogP contribution in [0.25, 0.3) is 0 Å². The largest absolute Gasteiger partial charge is 0.496 e. The summed E-state index contributed by atoms with van der Waals surface area (Å²) in [4.78, 5) is 0. The van der Waals surface area contributed by atoms with Crippen LogP contribution < -0.4 is 9.47 Å². The topological polar surface area (TPSA) is 47.9 Å². The van der Waals surface area contributed by atoms with Crippen LogP contribution in [0.1, 0.15) is 18.1 Å². The Kier molecular flexibility index (Phi) is 6.76. The number of benzene rings is 1. The lowest BCUT2D eigenvalue weighted by molar-refractivity contribution is -0.175. The Bertz CT molecular complexity index is 465. The maximum atomic E-state index is 11.9. The molecule has 0 aliphatic heterocycles. The van der Waals surface area contributed by atoms with Crippen molar-refractivity contribution >= 4 is 15.9 Å². The Morgan fingerprint density at radius 2 is 1.81 bits per heavy atom. The Morgan fingerprint density at radius 3 is 2.33 bits per heavy atom. The number of aliphatic hydroxyl groups excluding tert-OH is 1. The van der Waals surface area contributed by atoms with E-state index in [1.54, 1.807) is 12.1 Å². The highest BCUT2D eigenvalue weighted by Crippen LogP contribution is 2.36. The molecule has 1 unspecified atom stereocenters. The van der Waals surface area contributed by atoms with Crippen molar-refractivity contribution in [1.29, 1.82) is 0 Å². The van der Waals surface area contributed by atoms with Crippen molar-refractivity contribution in [2.45, 2.75) is 18.7 Å². The number of methoxy groups -OCH3 is 2. The molecule has 4 nitrogen and oxygen atoms in total. The average molecular weight is 373 g/mol. The van der Waals surface area contributed by atoms with Gasteiger partial charge in [-0.3, -0.25) is 0 Å². The van der Waals surface area contributed by atoms with E-state index in [0.717, 1.165) is 0 Å². The van der Waals surface area contributed by atoms with Crippen LogP contribution >= 0.6 is 15.9 Å². The van der Waals surface area contributed by atoms with Crippen molar-refractivity contribution < 1.29 is 32.5 Å². The number of rotatable bonds is 7. The van der Waals surface area contributed by atoms with Crippen LogP contribution in [0, 0.1) is 0 Å². The zero-order valence-corrected chi connectivity index (χ0v) is 13.1. The lowest BCUT2D eigenvalue weighted by Gasteiger charge is -2.17. The fourth-order valence-corrected chi connectivity index (χ4v) is 2.17. The molecule has 0 aliphatic rings. The Balaban J connectivity index is 2.70. The third-order valence-electron chi connectivity index (χ3n) is 2.66. The molecule has 0 radical (unpaired) electrons. The van der Waals surface area contributed by atoms with Crippen LogP contribution in [0.3, 0.4) is 0 Å². The van der Waals surface area contributed by atoms with E-state index in [0.29, 0.717) is 21.5 Å². The van der Waals surface area contributed by atoms with Gasteiger partial charge in [0.1, 0.15) is 18.1 Å². The van der Waals surface area contributed by atoms with E-state index in [2.05, 4.69) is 20.7 Å². The van der Waals surface area contributed by atoms with Crippen molar-refractivity contribution in [3.63, 3.8) is 0 Å². The van der Waals surface area contributed by atoms with Crippen LogP contribution in [0.15, 0.2) is 16.6 Å². The van der Waals surface area contributed by atoms with Crippen LogP contribution in [-0.4, -0.2) is 38.7 Å². The van der Waals surface area contributed by atoms with Gasteiger partial charge in [0.05, 0.1) is 24.8 Å². The summed E-state index contributed by atoms with van der Waals surface area (Å²) < 4.78 is 51.2. The second-order valence-corrected chi connectivity index (χ2v) is 5.06. The zero-order chi connectivity index (χ0) is 16.0. The number of halogens is 4. The summed E-state index contributed by atoms with van der Waals surface area (Å²) in [5, 5.41) is 10.1. The highest BCUT2D eigenvalue weighted by Gasteiger charge is 2.27. The van der Waals surface area contributed by atoms with Crippen LogP contribution in [-0.2, 0) is 4.74 Å². The maximum absolute atomic E-state index is 11.9. The van der Waals surface area contributed by atoms with Gasteiger partial charge in [-0.15, -0.1) is 0 Å². The van der Waals surface area contributed by atoms with Gasteiger partial charge in [0.25, 0.3) is 0 Å². The average Bonchev–Trinajstić information content (AvgIpc) is 2.41. The van der Waals surface area contributed by atoms with Crippen LogP contribution in [0.4, 0.5) is 13.2 Å². The van der Waals surface area contributed by atoms with Gasteiger partial charge in [-0.1, -0.05) is 0 Å². The number of hydrogen-bond acceptors (Lipinski definition) is 4. The van der Waals surface area contributed by atoms with Crippen LogP contribution in [0.2, 0.25) is 0 Å². The normalized spacial score (nSPS) is 13.1. The molecule has 0 fully saturated rings. The predicted molar refractivity (Wildman–Crippen MR) is 73.7 cm³/mol. The number of ether oxygens (including phenoxy) is 3. The van der Waals surface area contributed by atoms with E-state index in [1.165, 1.54) is 14.2 Å². The van der Waals surface area contributed by atoms with Crippen molar-refractivity contribution in [1.82, 2.24) is 0 Å². The van der Waals surface area contributed by atoms with Gasteiger partial charge < -0.3 is 19.3 Å². The second-order valence-electron chi connectivity index (χ2n) is 4.20. The Hall–Kier alpha value is -0.990. The minimum atomic E-state index is -4.37. The lowest BCUT2D eigenvalue weighted by atomic mass is 10.1. The molecule has 1 rings (SSSR count). The van der Waals surface area contributed by atoms with Gasteiger partial charge in [0, 0.05) is 18.6 Å². The fourth-order valence-electron chi connectivity index (χ4n) is 1.68. The van der Waals surface area contributed by atoms with E-state index in [9.17, 15) is 18.3 Å². The van der Waals surface area contributed by atoms with E-state index in [-0.39, 0.29) is 13.0 Å². The molecule has 0 spiro atoms. The summed E-state index contributed by atoms with van der Waals surface area (Å²) in [5.41, 5.74) is 0.424. The molecule has 1 atom stereocenters. The molecular weight excluding hydrogens is 357 g/mol. The Morgan fingerprint density at radius 1 is 1.19 bits per heavy atom. The molecule has 120 valence electrons. The van der Waals surface area contributed by atoms with Crippen molar-refractivity contribution in [2.24, 2.45) is 0 Å². The SMILES string of the molecule is COc1cc(C(O)CCOCC(F)(F)F)c(OC)cc1Br. The van der Waals surface area contributed by atoms with Gasteiger partial charge in [-0.25, -0.2) is 0 Å². The first-order valence-corrected chi connectivity index (χ1v) is 6.81. The highest BCUT2D eigenvalue weighted by molar-refractivity contribution is 9.10. The predicted octanol–water partition coefficient (Wildman–Crippen LogP) is 3.47. The zero-order valence-electron chi connectivity index (χ0n) is 11.5. The summed E-state index contributed by atoms with van der Waals surface area (Å²) in [6.45, 7) is -1.55. The first kappa shape index (κ1) is 18.1. The van der Waals surface area contributed by atoms with Crippen molar-refractivity contribution in [3.8, 4) is 11.5 Å². The summed E-state index contributed by atoms with van der Waals surface area (Å²) in [6.07, 6.45) is -5.38. The third-order valence-corrected chi connectivity index (χ3v) is 3.28. The molecular formula is C13H16BrF3O4. The summed E-state index contributed by atoms with van der Waals surface area (Å²) >= 11 is 3.28. The first-order valence-electron chi connectivity index (χ1n) is 6.02. The molecule has 0 saturated carbocycles. The second kappa shape index (κ2) is 7.86. The molecule has 1 aromatic rings. The number of aliphatic hydroxyl groups is 1. The lowest BCUT2D eigenvalue weighted by Crippen LogP contribution is -2.18. The molecule has 0 heterocycles. The highest BCUT2D eigenvalue weighted by atomic mass is 79.9. The smallest absolute Gasteiger partial charge is 0.411 e. The van der Waals surface area contributed by atoms with Gasteiger partial charge in [-0.2, -0.15) is 13.2 Å². The summed E-state index contributed by atoms with van der Waals surface area (Å²) in [6, 6.07) is 3.19. The maximum Gasteiger partial charge on any atom is 0.411 e. The molecule has 0 aliphatic carbocycles. The summed E-state index contributed by atoms with van der Waals surface area (Å²) in [7, 11) is 2.90. The number of alkyl halides is 3. The molecule has 0 saturated heterocycles. The molecule has 0 amide bonds. The van der Waals surface area contributed by atoms with E-state index in [4.69, 9.17) is 9.47 Å². The number of hydrogen-bond donors (Lipinski definition) is 1. The fraction of sp³-hybridized carbons (Fsp3) is 0.538. The van der Waals surface area contributed by atoms with Crippen molar-refractivity contribution in [3.05, 3.63) is 22.2 Å². The summed E-state index contributed by atoms with van der Waals surface area (Å²) in [5.74, 6) is 0.895. The van der Waals surface area contributed by atoms with Gasteiger partial charge in [0.15, 0.2) is 0 Å². The van der Waals surface area contributed by atoms with Crippen molar-refractivity contribution in [2.75, 3.05) is 27.4 Å². The molecule has 1 aromatic carbocycles. The quantitative estimate of drug-likeness (QED) is 0.744. The van der Waals surface area contributed by atoms with Gasteiger partial charge >= 0.3 is 6.18 Å². The van der Waals surface area contributed by atoms with Gasteiger partial charge in [-0.05, 0) is 28.1 Å². The molecule has 1 N–H and O–H groups in total. The molecule has 0 aromatic heterocycles. The minimum Gasteiger partial charge on any atom is -0.496 e. The molecule has 8 heteroatoms. The van der Waals surface area contributed by atoms with E-state index < -0.39 is 18.9 Å². The third kappa shape index (κ3) is 5.72. The van der Waals surface area contributed by atoms with E-state index in [1.807, 2.05) is 0 Å². The Labute approximate surface area is 128 Å². The van der Waals surface area contributed by atoms with Crippen LogP contribution in [0.5, 0.6) is 11.5 Å². The van der Waals surface area contributed by atoms with E-state index >= 15 is 0 Å². The molecule has 0 bridgehead atoms. The standard InChI is InChI=1S/C13H16BrF3O4/c1-19-11-6-9(14)12(20-2)5-8(11)10(18)3-4-21-7-13(15,16)17/h5-6,10,18H,3-4,7H2,1-2H3. The molecule has 21 heavy (non-hydrogen) atoms. The minimum absolute atomic E-state index is 0.0111. The van der Waals surface area contributed by atoms with Gasteiger partial charge in [0.2, 0.25) is 0 Å². The monoisotopic (exact) mass is 372 g/mol. The first-order chi connectivity index (χ1) is 9.78.